The predicted molar refractivity (Wildman–Crippen MR) is 79.6 cm³/mol. The molecule has 1 aromatic carbocycles. The Hall–Kier alpha value is -1.94. The number of carbonyl (C=O) groups excluding carboxylic acids is 1. The van der Waals surface area contributed by atoms with Crippen molar-refractivity contribution >= 4 is 16.8 Å². The Balaban J connectivity index is 1.98. The van der Waals surface area contributed by atoms with Crippen molar-refractivity contribution < 1.29 is 9.90 Å². The standard InChI is InChI=1S/C16H20N2O2/c1-12(11-19)5-4-9-18-16(20)14-8-10-17-15-7-3-2-6-13(14)15/h2-3,6-8,10,12,19H,4-5,9,11H2,1H3,(H,18,20). The lowest BCUT2D eigenvalue weighted by molar-refractivity contribution is 0.0953. The molecule has 2 aromatic rings. The summed E-state index contributed by atoms with van der Waals surface area (Å²) in [5.74, 6) is 0.217. The van der Waals surface area contributed by atoms with E-state index in [1.165, 1.54) is 0 Å². The number of aromatic nitrogens is 1. The number of pyridine rings is 1. The van der Waals surface area contributed by atoms with E-state index in [1.54, 1.807) is 12.3 Å². The van der Waals surface area contributed by atoms with Gasteiger partial charge in [0.1, 0.15) is 0 Å². The molecule has 0 saturated heterocycles. The first-order valence-corrected chi connectivity index (χ1v) is 6.95. The maximum Gasteiger partial charge on any atom is 0.252 e. The maximum absolute atomic E-state index is 12.2. The largest absolute Gasteiger partial charge is 0.396 e. The molecule has 106 valence electrons. The summed E-state index contributed by atoms with van der Waals surface area (Å²) >= 11 is 0. The molecular weight excluding hydrogens is 252 g/mol. The van der Waals surface area contributed by atoms with Gasteiger partial charge in [0, 0.05) is 24.7 Å². The lowest BCUT2D eigenvalue weighted by Crippen LogP contribution is -2.25. The van der Waals surface area contributed by atoms with Crippen molar-refractivity contribution in [3.63, 3.8) is 0 Å². The number of rotatable bonds is 6. The summed E-state index contributed by atoms with van der Waals surface area (Å²) in [7, 11) is 0. The Kier molecular flexibility index (Phi) is 5.07. The lowest BCUT2D eigenvalue weighted by atomic mass is 10.1. The van der Waals surface area contributed by atoms with Gasteiger partial charge in [-0.25, -0.2) is 0 Å². The second-order valence-electron chi connectivity index (χ2n) is 5.06. The van der Waals surface area contributed by atoms with Crippen molar-refractivity contribution in [2.45, 2.75) is 19.8 Å². The summed E-state index contributed by atoms with van der Waals surface area (Å²) in [4.78, 5) is 16.4. The van der Waals surface area contributed by atoms with Crippen LogP contribution < -0.4 is 5.32 Å². The van der Waals surface area contributed by atoms with Crippen LogP contribution in [0.5, 0.6) is 0 Å². The lowest BCUT2D eigenvalue weighted by Gasteiger charge is -2.09. The quantitative estimate of drug-likeness (QED) is 0.794. The number of hydrogen-bond donors (Lipinski definition) is 2. The number of aliphatic hydroxyl groups excluding tert-OH is 1. The number of aliphatic hydroxyl groups is 1. The van der Waals surface area contributed by atoms with E-state index in [1.807, 2.05) is 31.2 Å². The van der Waals surface area contributed by atoms with Gasteiger partial charge in [-0.1, -0.05) is 25.1 Å². The first-order chi connectivity index (χ1) is 9.72. The first kappa shape index (κ1) is 14.5. The molecule has 20 heavy (non-hydrogen) atoms. The fraction of sp³-hybridized carbons (Fsp3) is 0.375. The molecule has 1 heterocycles. The highest BCUT2D eigenvalue weighted by atomic mass is 16.3. The Bertz CT molecular complexity index is 578. The molecule has 0 aliphatic carbocycles. The van der Waals surface area contributed by atoms with Crippen LogP contribution in [-0.2, 0) is 0 Å². The van der Waals surface area contributed by atoms with Gasteiger partial charge in [-0.3, -0.25) is 9.78 Å². The average molecular weight is 272 g/mol. The highest BCUT2D eigenvalue weighted by Crippen LogP contribution is 2.15. The van der Waals surface area contributed by atoms with Gasteiger partial charge in [0.2, 0.25) is 0 Å². The molecule has 1 aromatic heterocycles. The predicted octanol–water partition coefficient (Wildman–Crippen LogP) is 2.37. The second-order valence-corrected chi connectivity index (χ2v) is 5.06. The van der Waals surface area contributed by atoms with Crippen LogP contribution in [0.2, 0.25) is 0 Å². The van der Waals surface area contributed by atoms with Gasteiger partial charge in [0.05, 0.1) is 11.1 Å². The van der Waals surface area contributed by atoms with Gasteiger partial charge in [-0.2, -0.15) is 0 Å². The van der Waals surface area contributed by atoms with Crippen molar-refractivity contribution in [1.29, 1.82) is 0 Å². The van der Waals surface area contributed by atoms with Crippen molar-refractivity contribution in [1.82, 2.24) is 10.3 Å². The van der Waals surface area contributed by atoms with Crippen molar-refractivity contribution in [2.24, 2.45) is 5.92 Å². The Morgan fingerprint density at radius 2 is 2.15 bits per heavy atom. The molecule has 4 heteroatoms. The van der Waals surface area contributed by atoms with E-state index in [9.17, 15) is 4.79 Å². The van der Waals surface area contributed by atoms with Gasteiger partial charge in [0.25, 0.3) is 5.91 Å². The van der Waals surface area contributed by atoms with Crippen LogP contribution in [-0.4, -0.2) is 29.1 Å². The molecule has 1 unspecified atom stereocenters. The third-order valence-corrected chi connectivity index (χ3v) is 3.36. The van der Waals surface area contributed by atoms with Gasteiger partial charge in [-0.15, -0.1) is 0 Å². The Morgan fingerprint density at radius 3 is 2.95 bits per heavy atom. The highest BCUT2D eigenvalue weighted by Gasteiger charge is 2.09. The molecule has 2 N–H and O–H groups in total. The number of nitrogens with zero attached hydrogens (tertiary/aromatic N) is 1. The fourth-order valence-electron chi connectivity index (χ4n) is 2.13. The number of amides is 1. The summed E-state index contributed by atoms with van der Waals surface area (Å²) in [5.41, 5.74) is 1.49. The third kappa shape index (κ3) is 3.54. The van der Waals surface area contributed by atoms with Crippen LogP contribution in [0.25, 0.3) is 10.9 Å². The van der Waals surface area contributed by atoms with Gasteiger partial charge in [0.15, 0.2) is 0 Å². The minimum Gasteiger partial charge on any atom is -0.396 e. The summed E-state index contributed by atoms with van der Waals surface area (Å²) in [6.45, 7) is 2.82. The zero-order valence-electron chi connectivity index (χ0n) is 11.7. The number of benzene rings is 1. The fourth-order valence-corrected chi connectivity index (χ4v) is 2.13. The van der Waals surface area contributed by atoms with Crippen LogP contribution in [0.3, 0.4) is 0 Å². The minimum absolute atomic E-state index is 0.0692. The number of hydrogen-bond acceptors (Lipinski definition) is 3. The normalized spacial score (nSPS) is 12.3. The average Bonchev–Trinajstić information content (AvgIpc) is 2.50. The van der Waals surface area contributed by atoms with Gasteiger partial charge < -0.3 is 10.4 Å². The van der Waals surface area contributed by atoms with Crippen LogP contribution in [0.4, 0.5) is 0 Å². The molecule has 0 saturated carbocycles. The summed E-state index contributed by atoms with van der Waals surface area (Å²) < 4.78 is 0. The molecular formula is C16H20N2O2. The zero-order chi connectivity index (χ0) is 14.4. The van der Waals surface area contributed by atoms with E-state index in [0.717, 1.165) is 23.7 Å². The molecule has 0 radical (unpaired) electrons. The van der Waals surface area contributed by atoms with E-state index in [0.29, 0.717) is 12.1 Å². The van der Waals surface area contributed by atoms with Crippen LogP contribution in [0, 0.1) is 5.92 Å². The summed E-state index contributed by atoms with van der Waals surface area (Å²) in [6, 6.07) is 9.37. The van der Waals surface area contributed by atoms with E-state index in [-0.39, 0.29) is 18.4 Å². The number of carbonyl (C=O) groups is 1. The molecule has 4 nitrogen and oxygen atoms in total. The Labute approximate surface area is 118 Å². The number of fused-ring (bicyclic) bond motifs is 1. The van der Waals surface area contributed by atoms with Crippen LogP contribution in [0.15, 0.2) is 36.5 Å². The smallest absolute Gasteiger partial charge is 0.252 e. The molecule has 1 amide bonds. The van der Waals surface area contributed by atoms with Crippen molar-refractivity contribution in [3.8, 4) is 0 Å². The van der Waals surface area contributed by atoms with E-state index in [4.69, 9.17) is 5.11 Å². The first-order valence-electron chi connectivity index (χ1n) is 6.95. The SMILES string of the molecule is CC(CO)CCCNC(=O)c1ccnc2ccccc12. The molecule has 0 aliphatic rings. The highest BCUT2D eigenvalue weighted by molar-refractivity contribution is 6.05. The zero-order valence-corrected chi connectivity index (χ0v) is 11.7. The van der Waals surface area contributed by atoms with Crippen molar-refractivity contribution in [3.05, 3.63) is 42.1 Å². The summed E-state index contributed by atoms with van der Waals surface area (Å²) in [6.07, 6.45) is 3.44. The number of nitrogens with one attached hydrogen (secondary N) is 1. The van der Waals surface area contributed by atoms with E-state index < -0.39 is 0 Å². The van der Waals surface area contributed by atoms with E-state index in [2.05, 4.69) is 10.3 Å². The molecule has 0 spiro atoms. The minimum atomic E-state index is -0.0692. The molecule has 0 fully saturated rings. The summed E-state index contributed by atoms with van der Waals surface area (Å²) in [5, 5.41) is 12.7. The molecule has 0 bridgehead atoms. The molecule has 0 aliphatic heterocycles. The van der Waals surface area contributed by atoms with Crippen LogP contribution >= 0.6 is 0 Å². The van der Waals surface area contributed by atoms with Gasteiger partial charge in [-0.05, 0) is 30.9 Å². The van der Waals surface area contributed by atoms with Crippen molar-refractivity contribution in [2.75, 3.05) is 13.2 Å². The third-order valence-electron chi connectivity index (χ3n) is 3.36. The maximum atomic E-state index is 12.2. The molecule has 1 atom stereocenters. The number of para-hydroxylation sites is 1. The Morgan fingerprint density at radius 1 is 1.35 bits per heavy atom. The molecule has 2 rings (SSSR count). The second kappa shape index (κ2) is 7.01. The van der Waals surface area contributed by atoms with Crippen LogP contribution in [0.1, 0.15) is 30.1 Å². The topological polar surface area (TPSA) is 62.2 Å². The van der Waals surface area contributed by atoms with E-state index >= 15 is 0 Å². The van der Waals surface area contributed by atoms with Gasteiger partial charge >= 0.3 is 0 Å². The monoisotopic (exact) mass is 272 g/mol.